The van der Waals surface area contributed by atoms with Gasteiger partial charge in [0.2, 0.25) is 0 Å². The van der Waals surface area contributed by atoms with Gasteiger partial charge in [0.1, 0.15) is 0 Å². The van der Waals surface area contributed by atoms with Gasteiger partial charge in [-0.05, 0) is 12.8 Å². The number of aliphatic hydroxyl groups is 1. The van der Waals surface area contributed by atoms with Crippen molar-refractivity contribution in [3.8, 4) is 0 Å². The quantitative estimate of drug-likeness (QED) is 0.487. The number of aliphatic hydroxyl groups excluding tert-OH is 1. The van der Waals surface area contributed by atoms with E-state index in [1.807, 2.05) is 0 Å². The summed E-state index contributed by atoms with van der Waals surface area (Å²) in [5, 5.41) is 24.9. The SMILES string of the molecule is O=C(O)CCCC(O)C(=O)O.[CaH2]. The van der Waals surface area contributed by atoms with E-state index in [4.69, 9.17) is 15.3 Å². The summed E-state index contributed by atoms with van der Waals surface area (Å²) < 4.78 is 0. The first-order chi connectivity index (χ1) is 5.04. The van der Waals surface area contributed by atoms with Crippen molar-refractivity contribution in [2.45, 2.75) is 25.4 Å². The average Bonchev–Trinajstić information content (AvgIpc) is 1.86. The molecular formula is C6H12CaO5. The van der Waals surface area contributed by atoms with Crippen LogP contribution in [-0.4, -0.2) is 71.1 Å². The molecule has 0 saturated heterocycles. The molecule has 6 heteroatoms. The molecule has 0 heterocycles. The third-order valence-corrected chi connectivity index (χ3v) is 1.15. The van der Waals surface area contributed by atoms with Crippen molar-refractivity contribution < 1.29 is 24.9 Å². The molecule has 0 fully saturated rings. The van der Waals surface area contributed by atoms with Crippen molar-refractivity contribution >= 4 is 49.7 Å². The number of hydrogen-bond donors (Lipinski definition) is 3. The molecule has 0 spiro atoms. The van der Waals surface area contributed by atoms with Crippen LogP contribution in [0, 0.1) is 0 Å². The van der Waals surface area contributed by atoms with Crippen molar-refractivity contribution in [2.75, 3.05) is 0 Å². The zero-order chi connectivity index (χ0) is 8.85. The number of carbonyl (C=O) groups is 2. The minimum absolute atomic E-state index is 0. The van der Waals surface area contributed by atoms with E-state index in [1.54, 1.807) is 0 Å². The Balaban J connectivity index is 0. The zero-order valence-electron chi connectivity index (χ0n) is 5.86. The van der Waals surface area contributed by atoms with Crippen LogP contribution < -0.4 is 0 Å². The molecule has 0 aliphatic heterocycles. The standard InChI is InChI=1S/C6H10O5.Ca.2H/c7-4(6(10)11)2-1-3-5(8)9;;;/h4,7H,1-3H2,(H,8,9)(H,10,11);;;. The maximum absolute atomic E-state index is 9.98. The van der Waals surface area contributed by atoms with Gasteiger partial charge in [0, 0.05) is 6.42 Å². The molecule has 0 aliphatic rings. The molecule has 0 aliphatic carbocycles. The molecule has 0 radical (unpaired) electrons. The summed E-state index contributed by atoms with van der Waals surface area (Å²) in [7, 11) is 0. The fraction of sp³-hybridized carbons (Fsp3) is 0.667. The third kappa shape index (κ3) is 8.26. The zero-order valence-corrected chi connectivity index (χ0v) is 5.86. The van der Waals surface area contributed by atoms with E-state index in [-0.39, 0.29) is 57.0 Å². The first kappa shape index (κ1) is 14.7. The third-order valence-electron chi connectivity index (χ3n) is 1.15. The molecule has 5 nitrogen and oxygen atoms in total. The van der Waals surface area contributed by atoms with Crippen LogP contribution in [0.5, 0.6) is 0 Å². The Kier molecular flexibility index (Phi) is 9.52. The Hall–Kier alpha value is 0.160. The molecule has 0 aromatic rings. The Labute approximate surface area is 99.4 Å². The van der Waals surface area contributed by atoms with Gasteiger partial charge < -0.3 is 15.3 Å². The van der Waals surface area contributed by atoms with Crippen LogP contribution in [-0.2, 0) is 9.59 Å². The summed E-state index contributed by atoms with van der Waals surface area (Å²) in [6, 6.07) is 0. The van der Waals surface area contributed by atoms with Gasteiger partial charge in [-0.25, -0.2) is 4.79 Å². The summed E-state index contributed by atoms with van der Waals surface area (Å²) >= 11 is 0. The molecule has 3 N–H and O–H groups in total. The predicted molar refractivity (Wildman–Crippen MR) is 43.7 cm³/mol. The van der Waals surface area contributed by atoms with Crippen LogP contribution in [0.4, 0.5) is 0 Å². The molecule has 12 heavy (non-hydrogen) atoms. The van der Waals surface area contributed by atoms with Crippen LogP contribution in [0.15, 0.2) is 0 Å². The molecule has 68 valence electrons. The van der Waals surface area contributed by atoms with E-state index in [9.17, 15) is 9.59 Å². The number of carboxylic acid groups (broad SMARTS) is 2. The summed E-state index contributed by atoms with van der Waals surface area (Å²) in [6.07, 6.45) is -1.37. The summed E-state index contributed by atoms with van der Waals surface area (Å²) in [6.45, 7) is 0. The molecule has 1 atom stereocenters. The normalized spacial score (nSPS) is 11.4. The van der Waals surface area contributed by atoms with Gasteiger partial charge in [0.05, 0.1) is 0 Å². The molecule has 0 aromatic carbocycles. The average molecular weight is 204 g/mol. The van der Waals surface area contributed by atoms with Crippen molar-refractivity contribution in [1.82, 2.24) is 0 Å². The molecule has 0 amide bonds. The van der Waals surface area contributed by atoms with E-state index < -0.39 is 18.0 Å². The Morgan fingerprint density at radius 3 is 2.08 bits per heavy atom. The monoisotopic (exact) mass is 204 g/mol. The van der Waals surface area contributed by atoms with Crippen molar-refractivity contribution in [3.63, 3.8) is 0 Å². The van der Waals surface area contributed by atoms with Gasteiger partial charge in [-0.15, -0.1) is 0 Å². The van der Waals surface area contributed by atoms with Crippen LogP contribution in [0.1, 0.15) is 19.3 Å². The first-order valence-electron chi connectivity index (χ1n) is 3.16. The second-order valence-electron chi connectivity index (χ2n) is 2.14. The van der Waals surface area contributed by atoms with E-state index in [0.29, 0.717) is 0 Å². The number of rotatable bonds is 5. The topological polar surface area (TPSA) is 94.8 Å². The van der Waals surface area contributed by atoms with Gasteiger partial charge >= 0.3 is 49.7 Å². The second-order valence-corrected chi connectivity index (χ2v) is 2.14. The molecule has 0 bridgehead atoms. The van der Waals surface area contributed by atoms with E-state index in [0.717, 1.165) is 0 Å². The van der Waals surface area contributed by atoms with E-state index in [1.165, 1.54) is 0 Å². The van der Waals surface area contributed by atoms with Crippen molar-refractivity contribution in [3.05, 3.63) is 0 Å². The first-order valence-corrected chi connectivity index (χ1v) is 3.16. The summed E-state index contributed by atoms with van der Waals surface area (Å²) in [4.78, 5) is 19.9. The van der Waals surface area contributed by atoms with Crippen molar-refractivity contribution in [1.29, 1.82) is 0 Å². The van der Waals surface area contributed by atoms with Crippen LogP contribution in [0.2, 0.25) is 0 Å². The Morgan fingerprint density at radius 2 is 1.75 bits per heavy atom. The van der Waals surface area contributed by atoms with Gasteiger partial charge in [0.15, 0.2) is 6.10 Å². The van der Waals surface area contributed by atoms with Gasteiger partial charge in [0.25, 0.3) is 0 Å². The molecular weight excluding hydrogens is 192 g/mol. The summed E-state index contributed by atoms with van der Waals surface area (Å²) in [5.41, 5.74) is 0. The van der Waals surface area contributed by atoms with Crippen molar-refractivity contribution in [2.24, 2.45) is 0 Å². The van der Waals surface area contributed by atoms with Crippen LogP contribution in [0.3, 0.4) is 0 Å². The Morgan fingerprint density at radius 1 is 1.25 bits per heavy atom. The number of hydrogen-bond acceptors (Lipinski definition) is 3. The van der Waals surface area contributed by atoms with E-state index in [2.05, 4.69) is 0 Å². The van der Waals surface area contributed by atoms with Gasteiger partial charge in [-0.2, -0.15) is 0 Å². The molecule has 0 aromatic heterocycles. The van der Waals surface area contributed by atoms with E-state index >= 15 is 0 Å². The molecule has 1 unspecified atom stereocenters. The van der Waals surface area contributed by atoms with Gasteiger partial charge in [-0.3, -0.25) is 4.79 Å². The molecule has 0 rings (SSSR count). The second kappa shape index (κ2) is 7.79. The predicted octanol–water partition coefficient (Wildman–Crippen LogP) is -1.23. The van der Waals surface area contributed by atoms with Crippen LogP contribution in [0.25, 0.3) is 0 Å². The summed E-state index contributed by atoms with van der Waals surface area (Å²) in [5.74, 6) is -2.29. The fourth-order valence-corrected chi connectivity index (χ4v) is 0.570. The maximum atomic E-state index is 9.98. The fourth-order valence-electron chi connectivity index (χ4n) is 0.570. The molecule has 0 saturated carbocycles. The number of carboxylic acids is 2. The van der Waals surface area contributed by atoms with Gasteiger partial charge in [-0.1, -0.05) is 0 Å². The van der Waals surface area contributed by atoms with Crippen LogP contribution >= 0.6 is 0 Å². The Bertz CT molecular complexity index is 158. The number of aliphatic carboxylic acids is 2. The minimum atomic E-state index is -1.44.